The van der Waals surface area contributed by atoms with Gasteiger partial charge in [0.2, 0.25) is 0 Å². The highest BCUT2D eigenvalue weighted by atomic mass is 19.1. The van der Waals surface area contributed by atoms with Gasteiger partial charge in [0.25, 0.3) is 0 Å². The Kier molecular flexibility index (Phi) is 3.81. The first-order valence-corrected chi connectivity index (χ1v) is 7.26. The summed E-state index contributed by atoms with van der Waals surface area (Å²) in [7, 11) is 1.26. The number of ether oxygens (including phenoxy) is 1. The van der Waals surface area contributed by atoms with Gasteiger partial charge in [-0.05, 0) is 28.4 Å². The van der Waals surface area contributed by atoms with Gasteiger partial charge in [-0.15, -0.1) is 0 Å². The Morgan fingerprint density at radius 2 is 1.76 bits per heavy atom. The molecule has 1 aliphatic heterocycles. The van der Waals surface area contributed by atoms with Crippen LogP contribution in [0, 0.1) is 16.6 Å². The number of anilines is 1. The molecule has 1 heterocycles. The molecule has 0 saturated carbocycles. The van der Waals surface area contributed by atoms with E-state index in [1.54, 1.807) is 6.07 Å². The Morgan fingerprint density at radius 1 is 1.24 bits per heavy atom. The van der Waals surface area contributed by atoms with Crippen molar-refractivity contribution < 1.29 is 13.9 Å². The van der Waals surface area contributed by atoms with Crippen molar-refractivity contribution in [1.82, 2.24) is 0 Å². The van der Waals surface area contributed by atoms with Crippen LogP contribution in [0.15, 0.2) is 12.1 Å². The summed E-state index contributed by atoms with van der Waals surface area (Å²) >= 11 is 0. The third kappa shape index (κ3) is 2.66. The van der Waals surface area contributed by atoms with E-state index in [-0.39, 0.29) is 34.6 Å². The average Bonchev–Trinajstić information content (AvgIpc) is 2.59. The number of rotatable bonds is 2. The van der Waals surface area contributed by atoms with E-state index in [1.807, 2.05) is 0 Å². The van der Waals surface area contributed by atoms with Crippen LogP contribution in [0.25, 0.3) is 0 Å². The number of halogens is 1. The quantitative estimate of drug-likeness (QED) is 0.518. The van der Waals surface area contributed by atoms with Gasteiger partial charge in [0.15, 0.2) is 6.71 Å². The number of hydrogen-bond acceptors (Lipinski definition) is 3. The molecule has 0 unspecified atom stereocenters. The highest BCUT2D eigenvalue weighted by Crippen LogP contribution is 2.52. The lowest BCUT2D eigenvalue weighted by atomic mass is 9.42. The maximum atomic E-state index is 14.4. The maximum absolute atomic E-state index is 14.4. The molecule has 1 saturated heterocycles. The Bertz CT molecular complexity index is 568. The minimum absolute atomic E-state index is 0.0928. The lowest BCUT2D eigenvalue weighted by Gasteiger charge is -2.35. The third-order valence-electron chi connectivity index (χ3n) is 5.36. The van der Waals surface area contributed by atoms with E-state index in [9.17, 15) is 9.18 Å². The Hall–Kier alpha value is -1.52. The van der Waals surface area contributed by atoms with Crippen molar-refractivity contribution in [2.75, 3.05) is 12.8 Å². The van der Waals surface area contributed by atoms with Crippen LogP contribution in [-0.2, 0) is 4.74 Å². The molecule has 0 aliphatic carbocycles. The second-order valence-corrected chi connectivity index (χ2v) is 7.33. The Labute approximate surface area is 126 Å². The second-order valence-electron chi connectivity index (χ2n) is 7.33. The molecular weight excluding hydrogens is 268 g/mol. The van der Waals surface area contributed by atoms with Crippen LogP contribution in [0.2, 0.25) is 12.6 Å². The zero-order chi connectivity index (χ0) is 16.0. The smallest absolute Gasteiger partial charge is 0.340 e. The van der Waals surface area contributed by atoms with E-state index in [1.165, 1.54) is 13.2 Å². The van der Waals surface area contributed by atoms with Crippen LogP contribution in [0.1, 0.15) is 38.1 Å². The number of hydrogen-bond donors (Lipinski definition) is 1. The van der Waals surface area contributed by atoms with E-state index in [0.29, 0.717) is 5.46 Å². The molecule has 0 amide bonds. The molecule has 1 fully saturated rings. The van der Waals surface area contributed by atoms with E-state index >= 15 is 0 Å². The van der Waals surface area contributed by atoms with Gasteiger partial charge in [-0.3, -0.25) is 0 Å². The Morgan fingerprint density at radius 3 is 2.24 bits per heavy atom. The molecule has 2 rings (SSSR count). The van der Waals surface area contributed by atoms with Crippen molar-refractivity contribution in [2.45, 2.75) is 40.3 Å². The molecule has 1 aromatic carbocycles. The molecule has 1 aliphatic rings. The summed E-state index contributed by atoms with van der Waals surface area (Å²) in [5.74, 6) is -0.979. The predicted molar refractivity (Wildman–Crippen MR) is 84.7 cm³/mol. The summed E-state index contributed by atoms with van der Waals surface area (Å²) in [6.07, 6.45) is 1.82. The molecular formula is C16H23BFNO2. The lowest BCUT2D eigenvalue weighted by Crippen LogP contribution is -2.32. The maximum Gasteiger partial charge on any atom is 0.340 e. The number of nitrogen functional groups attached to an aromatic ring is 1. The van der Waals surface area contributed by atoms with Crippen LogP contribution in [-0.4, -0.2) is 19.8 Å². The normalized spacial score (nSPS) is 19.6. The molecule has 0 radical (unpaired) electrons. The first-order valence-electron chi connectivity index (χ1n) is 7.26. The molecule has 114 valence electrons. The van der Waals surface area contributed by atoms with Crippen LogP contribution < -0.4 is 11.2 Å². The van der Waals surface area contributed by atoms with Gasteiger partial charge < -0.3 is 10.5 Å². The number of carbonyl (C=O) groups is 1. The lowest BCUT2D eigenvalue weighted by molar-refractivity contribution is 0.0601. The summed E-state index contributed by atoms with van der Waals surface area (Å²) in [5, 5.41) is 0. The molecule has 5 heteroatoms. The first kappa shape index (κ1) is 15.9. The van der Waals surface area contributed by atoms with Gasteiger partial charge in [-0.1, -0.05) is 40.3 Å². The van der Waals surface area contributed by atoms with E-state index in [0.717, 1.165) is 12.6 Å². The summed E-state index contributed by atoms with van der Waals surface area (Å²) in [4.78, 5) is 11.6. The van der Waals surface area contributed by atoms with E-state index in [2.05, 4.69) is 32.4 Å². The van der Waals surface area contributed by atoms with Crippen molar-refractivity contribution >= 4 is 23.8 Å². The van der Waals surface area contributed by atoms with Crippen molar-refractivity contribution in [1.29, 1.82) is 0 Å². The van der Waals surface area contributed by atoms with Crippen LogP contribution in [0.3, 0.4) is 0 Å². The number of benzene rings is 1. The first-order chi connectivity index (χ1) is 9.59. The summed E-state index contributed by atoms with van der Waals surface area (Å²) in [6.45, 7) is 9.01. The summed E-state index contributed by atoms with van der Waals surface area (Å²) < 4.78 is 19.0. The SMILES string of the molecule is COC(=O)c1cc(F)c(B2CC(C)(C)C(C)(C)C2)cc1N. The highest BCUT2D eigenvalue weighted by molar-refractivity contribution is 6.74. The summed E-state index contributed by atoms with van der Waals surface area (Å²) in [5.41, 5.74) is 7.16. The molecule has 0 aromatic heterocycles. The monoisotopic (exact) mass is 291 g/mol. The van der Waals surface area contributed by atoms with Crippen molar-refractivity contribution in [3.05, 3.63) is 23.5 Å². The van der Waals surface area contributed by atoms with Gasteiger partial charge >= 0.3 is 5.97 Å². The molecule has 0 atom stereocenters. The van der Waals surface area contributed by atoms with Crippen molar-refractivity contribution in [3.8, 4) is 0 Å². The van der Waals surface area contributed by atoms with Gasteiger partial charge in [-0.2, -0.15) is 0 Å². The van der Waals surface area contributed by atoms with Crippen molar-refractivity contribution in [2.24, 2.45) is 10.8 Å². The number of nitrogens with two attached hydrogens (primary N) is 1. The highest BCUT2D eigenvalue weighted by Gasteiger charge is 2.48. The minimum atomic E-state index is -0.606. The number of carbonyl (C=O) groups excluding carboxylic acids is 1. The van der Waals surface area contributed by atoms with E-state index < -0.39 is 5.97 Å². The largest absolute Gasteiger partial charge is 0.465 e. The predicted octanol–water partition coefficient (Wildman–Crippen LogP) is 2.96. The zero-order valence-corrected chi connectivity index (χ0v) is 13.4. The average molecular weight is 291 g/mol. The third-order valence-corrected chi connectivity index (χ3v) is 5.36. The summed E-state index contributed by atoms with van der Waals surface area (Å²) in [6, 6.07) is 2.80. The molecule has 0 bridgehead atoms. The van der Waals surface area contributed by atoms with Gasteiger partial charge in [-0.25, -0.2) is 9.18 Å². The topological polar surface area (TPSA) is 52.3 Å². The minimum Gasteiger partial charge on any atom is -0.465 e. The standard InChI is InChI=1S/C16H23BFNO2/c1-15(2)8-17(9-16(15,3)4)11-7-13(19)10(6-12(11)18)14(20)21-5/h6-7H,8-9,19H2,1-5H3. The molecule has 0 spiro atoms. The van der Waals surface area contributed by atoms with Crippen LogP contribution in [0.5, 0.6) is 0 Å². The fraction of sp³-hybridized carbons (Fsp3) is 0.562. The molecule has 2 N–H and O–H groups in total. The second kappa shape index (κ2) is 5.04. The fourth-order valence-corrected chi connectivity index (χ4v) is 3.28. The van der Waals surface area contributed by atoms with Crippen LogP contribution in [0.4, 0.5) is 10.1 Å². The molecule has 21 heavy (non-hydrogen) atoms. The van der Waals surface area contributed by atoms with Crippen LogP contribution >= 0.6 is 0 Å². The van der Waals surface area contributed by atoms with Crippen molar-refractivity contribution in [3.63, 3.8) is 0 Å². The van der Waals surface area contributed by atoms with Gasteiger partial charge in [0.1, 0.15) is 5.82 Å². The Balaban J connectivity index is 2.39. The fourth-order valence-electron chi connectivity index (χ4n) is 3.28. The van der Waals surface area contributed by atoms with Gasteiger partial charge in [0.05, 0.1) is 12.7 Å². The van der Waals surface area contributed by atoms with Gasteiger partial charge in [0, 0.05) is 5.69 Å². The van der Waals surface area contributed by atoms with E-state index in [4.69, 9.17) is 5.73 Å². The zero-order valence-electron chi connectivity index (χ0n) is 13.4. The number of esters is 1. The molecule has 3 nitrogen and oxygen atoms in total. The number of methoxy groups -OCH3 is 1. The molecule has 1 aromatic rings.